The van der Waals surface area contributed by atoms with Gasteiger partial charge in [-0.05, 0) is 37.0 Å². The van der Waals surface area contributed by atoms with Crippen LogP contribution in [0.3, 0.4) is 0 Å². The fraction of sp³-hybridized carbons (Fsp3) is 0.438. The second kappa shape index (κ2) is 7.59. The minimum Gasteiger partial charge on any atom is -0.481 e. The van der Waals surface area contributed by atoms with Crippen LogP contribution < -0.4 is 5.32 Å². The summed E-state index contributed by atoms with van der Waals surface area (Å²) in [5, 5.41) is 11.2. The molecule has 0 fully saturated rings. The first kappa shape index (κ1) is 16.0. The average Bonchev–Trinajstić information content (AvgIpc) is 2.84. The van der Waals surface area contributed by atoms with Gasteiger partial charge < -0.3 is 15.0 Å². The van der Waals surface area contributed by atoms with E-state index in [0.717, 1.165) is 23.9 Å². The Morgan fingerprint density at radius 2 is 2.09 bits per heavy atom. The standard InChI is InChI=1S/C16H21N3O3/c1-19-11-18-13-10-12(7-8-14(13)19)4-2-5-15(20)17-9-3-6-16(21)22/h7-8,10-11H,2-6,9H2,1H3,(H,17,20)(H,21,22). The molecule has 6 heteroatoms. The van der Waals surface area contributed by atoms with Crippen LogP contribution in [-0.4, -0.2) is 33.1 Å². The first-order chi connectivity index (χ1) is 10.6. The van der Waals surface area contributed by atoms with Crippen LogP contribution in [0.15, 0.2) is 24.5 Å². The highest BCUT2D eigenvalue weighted by atomic mass is 16.4. The van der Waals surface area contributed by atoms with E-state index in [1.807, 2.05) is 17.7 Å². The molecular weight excluding hydrogens is 282 g/mol. The number of aryl methyl sites for hydroxylation is 2. The van der Waals surface area contributed by atoms with Crippen molar-refractivity contribution in [3.8, 4) is 0 Å². The molecule has 2 aromatic rings. The molecule has 1 amide bonds. The second-order valence-electron chi connectivity index (χ2n) is 5.38. The second-order valence-corrected chi connectivity index (χ2v) is 5.38. The third-order valence-electron chi connectivity index (χ3n) is 3.55. The van der Waals surface area contributed by atoms with Crippen molar-refractivity contribution in [1.82, 2.24) is 14.9 Å². The Balaban J connectivity index is 1.70. The molecule has 0 saturated carbocycles. The molecule has 0 atom stereocenters. The van der Waals surface area contributed by atoms with Gasteiger partial charge in [-0.15, -0.1) is 0 Å². The first-order valence-electron chi connectivity index (χ1n) is 7.44. The number of imidazole rings is 1. The summed E-state index contributed by atoms with van der Waals surface area (Å²) in [5.41, 5.74) is 3.24. The molecule has 2 rings (SSSR count). The van der Waals surface area contributed by atoms with Crippen molar-refractivity contribution >= 4 is 22.9 Å². The quantitative estimate of drug-likeness (QED) is 0.729. The number of benzene rings is 1. The Morgan fingerprint density at radius 3 is 2.86 bits per heavy atom. The summed E-state index contributed by atoms with van der Waals surface area (Å²) in [6.07, 6.45) is 4.40. The van der Waals surface area contributed by atoms with E-state index in [4.69, 9.17) is 5.11 Å². The Kier molecular flexibility index (Phi) is 5.52. The maximum Gasteiger partial charge on any atom is 0.303 e. The van der Waals surface area contributed by atoms with Gasteiger partial charge in [-0.2, -0.15) is 0 Å². The summed E-state index contributed by atoms with van der Waals surface area (Å²) in [6, 6.07) is 6.17. The average molecular weight is 303 g/mol. The molecule has 6 nitrogen and oxygen atoms in total. The van der Waals surface area contributed by atoms with E-state index >= 15 is 0 Å². The number of hydrogen-bond acceptors (Lipinski definition) is 3. The zero-order valence-electron chi connectivity index (χ0n) is 12.7. The lowest BCUT2D eigenvalue weighted by atomic mass is 10.1. The van der Waals surface area contributed by atoms with E-state index in [0.29, 0.717) is 19.4 Å². The number of carboxylic acids is 1. The van der Waals surface area contributed by atoms with Gasteiger partial charge in [0.1, 0.15) is 0 Å². The van der Waals surface area contributed by atoms with E-state index in [1.54, 1.807) is 6.33 Å². The number of carboxylic acid groups (broad SMARTS) is 1. The van der Waals surface area contributed by atoms with Gasteiger partial charge in [0.15, 0.2) is 0 Å². The molecule has 1 heterocycles. The Labute approximate surface area is 129 Å². The number of fused-ring (bicyclic) bond motifs is 1. The zero-order valence-corrected chi connectivity index (χ0v) is 12.7. The minimum absolute atomic E-state index is 0.0238. The molecule has 0 aliphatic rings. The van der Waals surface area contributed by atoms with Gasteiger partial charge in [0.05, 0.1) is 17.4 Å². The summed E-state index contributed by atoms with van der Waals surface area (Å²) in [5.74, 6) is -0.858. The highest BCUT2D eigenvalue weighted by molar-refractivity contribution is 5.77. The third kappa shape index (κ3) is 4.58. The Bertz CT molecular complexity index is 664. The third-order valence-corrected chi connectivity index (χ3v) is 3.55. The summed E-state index contributed by atoms with van der Waals surface area (Å²) in [7, 11) is 1.96. The van der Waals surface area contributed by atoms with Crippen molar-refractivity contribution in [3.63, 3.8) is 0 Å². The van der Waals surface area contributed by atoms with Crippen LogP contribution in [0, 0.1) is 0 Å². The predicted octanol–water partition coefficient (Wildman–Crippen LogP) is 1.88. The van der Waals surface area contributed by atoms with Crippen molar-refractivity contribution in [2.75, 3.05) is 6.54 Å². The fourth-order valence-corrected chi connectivity index (χ4v) is 2.35. The van der Waals surface area contributed by atoms with Crippen molar-refractivity contribution in [2.45, 2.75) is 32.1 Å². The van der Waals surface area contributed by atoms with Crippen LogP contribution in [0.5, 0.6) is 0 Å². The van der Waals surface area contributed by atoms with E-state index < -0.39 is 5.97 Å². The monoisotopic (exact) mass is 303 g/mol. The molecule has 1 aromatic heterocycles. The maximum atomic E-state index is 11.6. The number of carbonyl (C=O) groups excluding carboxylic acids is 1. The predicted molar refractivity (Wildman–Crippen MR) is 83.5 cm³/mol. The van der Waals surface area contributed by atoms with E-state index in [9.17, 15) is 9.59 Å². The Hall–Kier alpha value is -2.37. The van der Waals surface area contributed by atoms with Crippen molar-refractivity contribution in [3.05, 3.63) is 30.1 Å². The topological polar surface area (TPSA) is 84.2 Å². The van der Waals surface area contributed by atoms with Gasteiger partial charge in [-0.1, -0.05) is 6.07 Å². The minimum atomic E-state index is -0.834. The number of nitrogens with zero attached hydrogens (tertiary/aromatic N) is 2. The maximum absolute atomic E-state index is 11.6. The molecule has 0 spiro atoms. The summed E-state index contributed by atoms with van der Waals surface area (Å²) >= 11 is 0. The molecular formula is C16H21N3O3. The highest BCUT2D eigenvalue weighted by Gasteiger charge is 2.04. The number of nitrogens with one attached hydrogen (secondary N) is 1. The highest BCUT2D eigenvalue weighted by Crippen LogP contribution is 2.15. The van der Waals surface area contributed by atoms with Crippen LogP contribution in [0.4, 0.5) is 0 Å². The molecule has 0 aliphatic heterocycles. The lowest BCUT2D eigenvalue weighted by Gasteiger charge is -2.05. The number of rotatable bonds is 8. The van der Waals surface area contributed by atoms with Gasteiger partial charge in [0, 0.05) is 26.4 Å². The van der Waals surface area contributed by atoms with E-state index in [1.165, 1.54) is 5.56 Å². The van der Waals surface area contributed by atoms with Crippen LogP contribution >= 0.6 is 0 Å². The summed E-state index contributed by atoms with van der Waals surface area (Å²) < 4.78 is 1.98. The molecule has 2 N–H and O–H groups in total. The normalized spacial score (nSPS) is 10.8. The largest absolute Gasteiger partial charge is 0.481 e. The van der Waals surface area contributed by atoms with Crippen molar-refractivity contribution < 1.29 is 14.7 Å². The van der Waals surface area contributed by atoms with Crippen LogP contribution in [-0.2, 0) is 23.1 Å². The number of aromatic nitrogens is 2. The van der Waals surface area contributed by atoms with Crippen LogP contribution in [0.2, 0.25) is 0 Å². The number of aliphatic carboxylic acids is 1. The van der Waals surface area contributed by atoms with E-state index in [2.05, 4.69) is 22.4 Å². The molecule has 118 valence electrons. The number of amides is 1. The van der Waals surface area contributed by atoms with Gasteiger partial charge in [0.25, 0.3) is 0 Å². The molecule has 1 aromatic carbocycles. The molecule has 0 radical (unpaired) electrons. The van der Waals surface area contributed by atoms with E-state index in [-0.39, 0.29) is 12.3 Å². The number of carbonyl (C=O) groups is 2. The lowest BCUT2D eigenvalue weighted by molar-refractivity contribution is -0.137. The van der Waals surface area contributed by atoms with Gasteiger partial charge >= 0.3 is 5.97 Å². The first-order valence-corrected chi connectivity index (χ1v) is 7.44. The van der Waals surface area contributed by atoms with Gasteiger partial charge in [0.2, 0.25) is 5.91 Å². The van der Waals surface area contributed by atoms with Crippen molar-refractivity contribution in [2.24, 2.45) is 7.05 Å². The summed E-state index contributed by atoms with van der Waals surface area (Å²) in [6.45, 7) is 0.422. The summed E-state index contributed by atoms with van der Waals surface area (Å²) in [4.78, 5) is 26.3. The fourth-order valence-electron chi connectivity index (χ4n) is 2.35. The zero-order chi connectivity index (χ0) is 15.9. The molecule has 0 bridgehead atoms. The van der Waals surface area contributed by atoms with Crippen LogP contribution in [0.25, 0.3) is 11.0 Å². The molecule has 0 saturated heterocycles. The van der Waals surface area contributed by atoms with Crippen molar-refractivity contribution in [1.29, 1.82) is 0 Å². The van der Waals surface area contributed by atoms with Gasteiger partial charge in [-0.3, -0.25) is 9.59 Å². The smallest absolute Gasteiger partial charge is 0.303 e. The number of hydrogen-bond donors (Lipinski definition) is 2. The SMILES string of the molecule is Cn1cnc2cc(CCCC(=O)NCCCC(=O)O)ccc21. The van der Waals surface area contributed by atoms with Crippen LogP contribution in [0.1, 0.15) is 31.2 Å². The molecule has 0 aliphatic carbocycles. The lowest BCUT2D eigenvalue weighted by Crippen LogP contribution is -2.24. The molecule has 22 heavy (non-hydrogen) atoms. The Morgan fingerprint density at radius 1 is 1.27 bits per heavy atom. The molecule has 0 unspecified atom stereocenters. The van der Waals surface area contributed by atoms with Gasteiger partial charge in [-0.25, -0.2) is 4.98 Å².